The summed E-state index contributed by atoms with van der Waals surface area (Å²) in [6, 6.07) is 7.90. The molecule has 2 rings (SSSR count). The lowest BCUT2D eigenvalue weighted by Gasteiger charge is -1.99. The van der Waals surface area contributed by atoms with Crippen LogP contribution in [0, 0.1) is 0 Å². The number of fused-ring (bicyclic) bond motifs is 1. The Balaban J connectivity index is 2.08. The zero-order valence-corrected chi connectivity index (χ0v) is 10.7. The molecule has 0 aliphatic rings. The van der Waals surface area contributed by atoms with Gasteiger partial charge in [-0.1, -0.05) is 0 Å². The Morgan fingerprint density at radius 3 is 2.89 bits per heavy atom. The quantitative estimate of drug-likeness (QED) is 0.826. The first-order valence-electron chi connectivity index (χ1n) is 6.04. The maximum absolute atomic E-state index is 11.3. The maximum atomic E-state index is 11.3. The Bertz CT molecular complexity index is 545. The molecule has 0 fully saturated rings. The standard InChI is InChI=1S/C14H17NO3/c1-3-18-14(16)7-4-11-8-10-9-12(17-2)5-6-13(10)15-11/h5-6,8-9,15H,3-4,7H2,1-2H3. The van der Waals surface area contributed by atoms with Gasteiger partial charge in [0.15, 0.2) is 0 Å². The average Bonchev–Trinajstić information content (AvgIpc) is 2.78. The molecule has 0 atom stereocenters. The topological polar surface area (TPSA) is 51.3 Å². The molecule has 0 saturated carbocycles. The Kier molecular flexibility index (Phi) is 3.87. The van der Waals surface area contributed by atoms with Crippen molar-refractivity contribution in [3.05, 3.63) is 30.0 Å². The monoisotopic (exact) mass is 247 g/mol. The molecule has 0 radical (unpaired) electrons. The van der Waals surface area contributed by atoms with Crippen molar-refractivity contribution in [1.29, 1.82) is 0 Å². The van der Waals surface area contributed by atoms with Crippen LogP contribution in [0.3, 0.4) is 0 Å². The Hall–Kier alpha value is -1.97. The predicted octanol–water partition coefficient (Wildman–Crippen LogP) is 2.67. The molecule has 1 heterocycles. The van der Waals surface area contributed by atoms with Crippen LogP contribution in [0.1, 0.15) is 19.0 Å². The second-order valence-electron chi connectivity index (χ2n) is 4.05. The molecule has 1 aromatic carbocycles. The molecule has 4 nitrogen and oxygen atoms in total. The minimum absolute atomic E-state index is 0.159. The number of ether oxygens (including phenoxy) is 2. The number of esters is 1. The minimum atomic E-state index is -0.159. The van der Waals surface area contributed by atoms with Crippen LogP contribution in [-0.4, -0.2) is 24.7 Å². The van der Waals surface area contributed by atoms with Gasteiger partial charge in [-0.25, -0.2) is 0 Å². The van der Waals surface area contributed by atoms with E-state index in [0.717, 1.165) is 22.3 Å². The fourth-order valence-corrected chi connectivity index (χ4v) is 1.90. The van der Waals surface area contributed by atoms with Crippen molar-refractivity contribution in [2.24, 2.45) is 0 Å². The summed E-state index contributed by atoms with van der Waals surface area (Å²) in [5.74, 6) is 0.673. The highest BCUT2D eigenvalue weighted by Gasteiger charge is 2.06. The van der Waals surface area contributed by atoms with Crippen LogP contribution in [0.15, 0.2) is 24.3 Å². The van der Waals surface area contributed by atoms with Crippen LogP contribution in [0.25, 0.3) is 10.9 Å². The summed E-state index contributed by atoms with van der Waals surface area (Å²) in [4.78, 5) is 14.6. The first-order valence-corrected chi connectivity index (χ1v) is 6.04. The van der Waals surface area contributed by atoms with Crippen LogP contribution in [0.4, 0.5) is 0 Å². The number of aryl methyl sites for hydroxylation is 1. The van der Waals surface area contributed by atoms with E-state index in [0.29, 0.717) is 19.4 Å². The molecule has 1 aromatic heterocycles. The summed E-state index contributed by atoms with van der Waals surface area (Å²) in [6.07, 6.45) is 1.06. The molecule has 18 heavy (non-hydrogen) atoms. The highest BCUT2D eigenvalue weighted by atomic mass is 16.5. The molecule has 2 aromatic rings. The van der Waals surface area contributed by atoms with Crippen LogP contribution in [0.2, 0.25) is 0 Å². The number of carbonyl (C=O) groups excluding carboxylic acids is 1. The number of methoxy groups -OCH3 is 1. The fraction of sp³-hybridized carbons (Fsp3) is 0.357. The fourth-order valence-electron chi connectivity index (χ4n) is 1.90. The molecule has 0 saturated heterocycles. The lowest BCUT2D eigenvalue weighted by atomic mass is 10.2. The molecule has 0 aliphatic heterocycles. The average molecular weight is 247 g/mol. The second-order valence-corrected chi connectivity index (χ2v) is 4.05. The first-order chi connectivity index (χ1) is 8.72. The van der Waals surface area contributed by atoms with E-state index in [4.69, 9.17) is 9.47 Å². The SMILES string of the molecule is CCOC(=O)CCc1cc2cc(OC)ccc2[nH]1. The maximum Gasteiger partial charge on any atom is 0.306 e. The number of hydrogen-bond acceptors (Lipinski definition) is 3. The van der Waals surface area contributed by atoms with E-state index >= 15 is 0 Å². The number of aromatic nitrogens is 1. The molecule has 96 valence electrons. The van der Waals surface area contributed by atoms with Gasteiger partial charge in [0.05, 0.1) is 20.1 Å². The Morgan fingerprint density at radius 1 is 1.33 bits per heavy atom. The number of rotatable bonds is 5. The third-order valence-electron chi connectivity index (χ3n) is 2.79. The summed E-state index contributed by atoms with van der Waals surface area (Å²) >= 11 is 0. The predicted molar refractivity (Wildman–Crippen MR) is 69.8 cm³/mol. The molecule has 0 unspecified atom stereocenters. The van der Waals surface area contributed by atoms with Gasteiger partial charge in [0.25, 0.3) is 0 Å². The van der Waals surface area contributed by atoms with Crippen molar-refractivity contribution in [2.45, 2.75) is 19.8 Å². The molecule has 0 spiro atoms. The van der Waals surface area contributed by atoms with E-state index < -0.39 is 0 Å². The second kappa shape index (κ2) is 5.58. The van der Waals surface area contributed by atoms with E-state index in [9.17, 15) is 4.79 Å². The van der Waals surface area contributed by atoms with Gasteiger partial charge in [-0.05, 0) is 37.6 Å². The summed E-state index contributed by atoms with van der Waals surface area (Å²) in [7, 11) is 1.65. The van der Waals surface area contributed by atoms with Gasteiger partial charge in [0, 0.05) is 16.6 Å². The summed E-state index contributed by atoms with van der Waals surface area (Å²) in [6.45, 7) is 2.25. The van der Waals surface area contributed by atoms with Crippen LogP contribution >= 0.6 is 0 Å². The normalized spacial score (nSPS) is 10.6. The molecular formula is C14H17NO3. The molecule has 0 bridgehead atoms. The largest absolute Gasteiger partial charge is 0.497 e. The number of carbonyl (C=O) groups is 1. The van der Waals surface area contributed by atoms with Gasteiger partial charge in [0.2, 0.25) is 0 Å². The molecule has 0 amide bonds. The summed E-state index contributed by atoms with van der Waals surface area (Å²) in [5.41, 5.74) is 2.08. The molecule has 4 heteroatoms. The zero-order chi connectivity index (χ0) is 13.0. The molecule has 0 aliphatic carbocycles. The Labute approximate surface area is 106 Å². The number of nitrogens with one attached hydrogen (secondary N) is 1. The van der Waals surface area contributed by atoms with Crippen molar-refractivity contribution in [3.63, 3.8) is 0 Å². The minimum Gasteiger partial charge on any atom is -0.497 e. The van der Waals surface area contributed by atoms with E-state index in [1.807, 2.05) is 31.2 Å². The third kappa shape index (κ3) is 2.83. The number of hydrogen-bond donors (Lipinski definition) is 1. The van der Waals surface area contributed by atoms with Gasteiger partial charge >= 0.3 is 5.97 Å². The first kappa shape index (κ1) is 12.5. The Morgan fingerprint density at radius 2 is 2.17 bits per heavy atom. The zero-order valence-electron chi connectivity index (χ0n) is 10.7. The lowest BCUT2D eigenvalue weighted by Crippen LogP contribution is -2.05. The number of aromatic amines is 1. The smallest absolute Gasteiger partial charge is 0.306 e. The van der Waals surface area contributed by atoms with Crippen LogP contribution in [0.5, 0.6) is 5.75 Å². The number of H-pyrrole nitrogens is 1. The third-order valence-corrected chi connectivity index (χ3v) is 2.79. The van der Waals surface area contributed by atoms with Crippen LogP contribution in [-0.2, 0) is 16.0 Å². The van der Waals surface area contributed by atoms with Gasteiger partial charge in [-0.2, -0.15) is 0 Å². The van der Waals surface area contributed by atoms with E-state index in [1.54, 1.807) is 7.11 Å². The molecular weight excluding hydrogens is 230 g/mol. The van der Waals surface area contributed by atoms with Crippen molar-refractivity contribution in [2.75, 3.05) is 13.7 Å². The number of benzene rings is 1. The van der Waals surface area contributed by atoms with Gasteiger partial charge < -0.3 is 14.5 Å². The lowest BCUT2D eigenvalue weighted by molar-refractivity contribution is -0.143. The van der Waals surface area contributed by atoms with E-state index in [-0.39, 0.29) is 5.97 Å². The van der Waals surface area contributed by atoms with Crippen molar-refractivity contribution in [3.8, 4) is 5.75 Å². The van der Waals surface area contributed by atoms with Gasteiger partial charge in [-0.15, -0.1) is 0 Å². The van der Waals surface area contributed by atoms with Crippen LogP contribution < -0.4 is 4.74 Å². The van der Waals surface area contributed by atoms with Crippen molar-refractivity contribution in [1.82, 2.24) is 4.98 Å². The van der Waals surface area contributed by atoms with E-state index in [2.05, 4.69) is 4.98 Å². The van der Waals surface area contributed by atoms with Gasteiger partial charge in [-0.3, -0.25) is 4.79 Å². The summed E-state index contributed by atoms with van der Waals surface area (Å²) < 4.78 is 10.1. The van der Waals surface area contributed by atoms with Crippen molar-refractivity contribution >= 4 is 16.9 Å². The highest BCUT2D eigenvalue weighted by molar-refractivity contribution is 5.82. The molecule has 1 N–H and O–H groups in total. The van der Waals surface area contributed by atoms with Gasteiger partial charge in [0.1, 0.15) is 5.75 Å². The van der Waals surface area contributed by atoms with E-state index in [1.165, 1.54) is 0 Å². The summed E-state index contributed by atoms with van der Waals surface area (Å²) in [5, 5.41) is 1.09. The highest BCUT2D eigenvalue weighted by Crippen LogP contribution is 2.21. The van der Waals surface area contributed by atoms with Crippen molar-refractivity contribution < 1.29 is 14.3 Å².